The molecule has 2 fully saturated rings. The lowest BCUT2D eigenvalue weighted by atomic mass is 10.1. The van der Waals surface area contributed by atoms with Crippen LogP contribution in [-0.4, -0.2) is 38.3 Å². The van der Waals surface area contributed by atoms with Crippen molar-refractivity contribution in [3.8, 4) is 0 Å². The Hall–Kier alpha value is -0.610. The largest absolute Gasteiger partial charge is 0.378 e. The van der Waals surface area contributed by atoms with Crippen LogP contribution >= 0.6 is 0 Å². The topological polar surface area (TPSA) is 50.4 Å². The molecule has 2 aliphatic heterocycles. The first-order valence-corrected chi connectivity index (χ1v) is 4.42. The smallest absolute Gasteiger partial charge is 0.220 e. The van der Waals surface area contributed by atoms with Gasteiger partial charge in [0.1, 0.15) is 0 Å². The number of carbonyl (C=O) groups is 1. The number of hydrogen-bond acceptors (Lipinski definition) is 3. The maximum absolute atomic E-state index is 10.8. The fourth-order valence-electron chi connectivity index (χ4n) is 1.50. The van der Waals surface area contributed by atoms with Gasteiger partial charge in [-0.3, -0.25) is 4.79 Å². The molecule has 2 aliphatic rings. The van der Waals surface area contributed by atoms with Gasteiger partial charge in [-0.2, -0.15) is 0 Å². The second-order valence-electron chi connectivity index (χ2n) is 3.52. The number of ether oxygens (including phenoxy) is 1. The molecule has 0 saturated carbocycles. The summed E-state index contributed by atoms with van der Waals surface area (Å²) in [5.74, 6) is 0.671. The van der Waals surface area contributed by atoms with Crippen molar-refractivity contribution in [2.45, 2.75) is 12.5 Å². The third-order valence-corrected chi connectivity index (χ3v) is 2.40. The zero-order valence-electron chi connectivity index (χ0n) is 7.01. The molecule has 2 saturated heterocycles. The van der Waals surface area contributed by atoms with Crippen LogP contribution in [0.2, 0.25) is 0 Å². The summed E-state index contributed by atoms with van der Waals surface area (Å²) in [6, 6.07) is 0.528. The van der Waals surface area contributed by atoms with Crippen molar-refractivity contribution in [2.24, 2.45) is 5.92 Å². The molecule has 12 heavy (non-hydrogen) atoms. The van der Waals surface area contributed by atoms with Crippen molar-refractivity contribution < 1.29 is 9.53 Å². The van der Waals surface area contributed by atoms with Gasteiger partial charge in [0.2, 0.25) is 5.91 Å². The first kappa shape index (κ1) is 8.01. The molecule has 0 aromatic carbocycles. The highest BCUT2D eigenvalue weighted by atomic mass is 16.5. The monoisotopic (exact) mass is 170 g/mol. The number of carbonyl (C=O) groups excluding carboxylic acids is 1. The molecule has 0 bridgehead atoms. The van der Waals surface area contributed by atoms with Crippen molar-refractivity contribution in [1.29, 1.82) is 0 Å². The lowest BCUT2D eigenvalue weighted by Gasteiger charge is -2.27. The average Bonchev–Trinajstić information content (AvgIpc) is 2.32. The Balaban J connectivity index is 1.63. The fraction of sp³-hybridized carbons (Fsp3) is 0.875. The summed E-state index contributed by atoms with van der Waals surface area (Å²) in [5, 5.41) is 6.18. The number of nitrogens with one attached hydrogen (secondary N) is 2. The van der Waals surface area contributed by atoms with Gasteiger partial charge in [-0.25, -0.2) is 0 Å². The predicted octanol–water partition coefficient (Wildman–Crippen LogP) is -0.889. The third kappa shape index (κ3) is 1.76. The van der Waals surface area contributed by atoms with Crippen LogP contribution in [-0.2, 0) is 9.53 Å². The molecular weight excluding hydrogens is 156 g/mol. The summed E-state index contributed by atoms with van der Waals surface area (Å²) < 4.78 is 5.03. The molecule has 0 radical (unpaired) electrons. The highest BCUT2D eigenvalue weighted by Crippen LogP contribution is 2.08. The highest BCUT2D eigenvalue weighted by molar-refractivity contribution is 5.78. The van der Waals surface area contributed by atoms with Crippen LogP contribution in [0.25, 0.3) is 0 Å². The Bertz CT molecular complexity index is 180. The molecule has 2 heterocycles. The van der Waals surface area contributed by atoms with Crippen LogP contribution in [0, 0.1) is 5.92 Å². The zero-order valence-corrected chi connectivity index (χ0v) is 7.01. The zero-order chi connectivity index (χ0) is 8.39. The molecule has 4 nitrogen and oxygen atoms in total. The predicted molar refractivity (Wildman–Crippen MR) is 43.7 cm³/mol. The molecule has 0 aromatic rings. The lowest BCUT2D eigenvalue weighted by molar-refractivity contribution is -0.119. The van der Waals surface area contributed by atoms with Crippen LogP contribution < -0.4 is 10.6 Å². The van der Waals surface area contributed by atoms with Gasteiger partial charge in [-0.15, -0.1) is 0 Å². The Morgan fingerprint density at radius 2 is 2.42 bits per heavy atom. The molecule has 68 valence electrons. The van der Waals surface area contributed by atoms with Crippen molar-refractivity contribution in [3.63, 3.8) is 0 Å². The highest BCUT2D eigenvalue weighted by Gasteiger charge is 2.24. The maximum atomic E-state index is 10.8. The van der Waals surface area contributed by atoms with Crippen LogP contribution in [0.1, 0.15) is 6.42 Å². The molecule has 0 aromatic heterocycles. The van der Waals surface area contributed by atoms with Gasteiger partial charge in [0.05, 0.1) is 19.3 Å². The van der Waals surface area contributed by atoms with Crippen LogP contribution in [0.3, 0.4) is 0 Å². The number of hydrogen-bond donors (Lipinski definition) is 2. The van der Waals surface area contributed by atoms with Crippen LogP contribution in [0.5, 0.6) is 0 Å². The van der Waals surface area contributed by atoms with Crippen molar-refractivity contribution in [1.82, 2.24) is 10.6 Å². The van der Waals surface area contributed by atoms with E-state index in [1.807, 2.05) is 0 Å². The van der Waals surface area contributed by atoms with Gasteiger partial charge in [0, 0.05) is 19.5 Å². The molecule has 2 rings (SSSR count). The van der Waals surface area contributed by atoms with Crippen LogP contribution in [0.4, 0.5) is 0 Å². The number of amides is 1. The first-order valence-electron chi connectivity index (χ1n) is 4.42. The van der Waals surface area contributed by atoms with E-state index in [1.54, 1.807) is 0 Å². The minimum absolute atomic E-state index is 0.187. The van der Waals surface area contributed by atoms with E-state index < -0.39 is 0 Å². The second kappa shape index (κ2) is 3.41. The summed E-state index contributed by atoms with van der Waals surface area (Å²) in [6.07, 6.45) is 0.681. The van der Waals surface area contributed by atoms with E-state index >= 15 is 0 Å². The standard InChI is InChI=1S/C8H14N2O2/c11-8-1-6(3-10-8)2-9-7-4-12-5-7/h6-7,9H,1-5H2,(H,10,11). The Labute approximate surface area is 71.7 Å². The SMILES string of the molecule is O=C1CC(CNC2COC2)CN1. The molecular formula is C8H14N2O2. The second-order valence-corrected chi connectivity index (χ2v) is 3.52. The Kier molecular flexibility index (Phi) is 2.28. The van der Waals surface area contributed by atoms with Crippen molar-refractivity contribution >= 4 is 5.91 Å². The van der Waals surface area contributed by atoms with Gasteiger partial charge in [-0.1, -0.05) is 0 Å². The Morgan fingerprint density at radius 1 is 1.58 bits per heavy atom. The molecule has 0 spiro atoms. The van der Waals surface area contributed by atoms with Gasteiger partial charge < -0.3 is 15.4 Å². The summed E-state index contributed by atoms with van der Waals surface area (Å²) >= 11 is 0. The fourth-order valence-corrected chi connectivity index (χ4v) is 1.50. The van der Waals surface area contributed by atoms with Crippen molar-refractivity contribution in [2.75, 3.05) is 26.3 Å². The van der Waals surface area contributed by atoms with E-state index in [2.05, 4.69) is 10.6 Å². The maximum Gasteiger partial charge on any atom is 0.220 e. The van der Waals surface area contributed by atoms with Crippen LogP contribution in [0.15, 0.2) is 0 Å². The minimum Gasteiger partial charge on any atom is -0.378 e. The molecule has 2 N–H and O–H groups in total. The lowest BCUT2D eigenvalue weighted by Crippen LogP contribution is -2.47. The number of rotatable bonds is 3. The van der Waals surface area contributed by atoms with E-state index in [4.69, 9.17) is 4.74 Å². The Morgan fingerprint density at radius 3 is 2.92 bits per heavy atom. The third-order valence-electron chi connectivity index (χ3n) is 2.40. The quantitative estimate of drug-likeness (QED) is 0.578. The normalized spacial score (nSPS) is 30.0. The van der Waals surface area contributed by atoms with Gasteiger partial charge >= 0.3 is 0 Å². The summed E-state index contributed by atoms with van der Waals surface area (Å²) in [4.78, 5) is 10.8. The van der Waals surface area contributed by atoms with E-state index in [0.717, 1.165) is 26.3 Å². The van der Waals surface area contributed by atoms with Crippen molar-refractivity contribution in [3.05, 3.63) is 0 Å². The molecule has 4 heteroatoms. The van der Waals surface area contributed by atoms with E-state index in [-0.39, 0.29) is 5.91 Å². The summed E-state index contributed by atoms with van der Waals surface area (Å²) in [5.41, 5.74) is 0. The van der Waals surface area contributed by atoms with E-state index in [1.165, 1.54) is 0 Å². The van der Waals surface area contributed by atoms with E-state index in [9.17, 15) is 4.79 Å². The minimum atomic E-state index is 0.187. The molecule has 1 amide bonds. The van der Waals surface area contributed by atoms with Gasteiger partial charge in [0.25, 0.3) is 0 Å². The molecule has 1 atom stereocenters. The molecule has 0 aliphatic carbocycles. The average molecular weight is 170 g/mol. The van der Waals surface area contributed by atoms with Gasteiger partial charge in [-0.05, 0) is 5.92 Å². The van der Waals surface area contributed by atoms with E-state index in [0.29, 0.717) is 18.4 Å². The summed E-state index contributed by atoms with van der Waals surface area (Å²) in [7, 11) is 0. The van der Waals surface area contributed by atoms with Gasteiger partial charge in [0.15, 0.2) is 0 Å². The summed E-state index contributed by atoms with van der Waals surface area (Å²) in [6.45, 7) is 3.42. The molecule has 1 unspecified atom stereocenters. The first-order chi connectivity index (χ1) is 5.84.